The minimum Gasteiger partial charge on any atom is -0.396 e. The molecule has 0 aliphatic carbocycles. The maximum Gasteiger partial charge on any atom is 0.0900 e. The number of nitrogens with zero attached hydrogens (tertiary/aromatic N) is 1. The van der Waals surface area contributed by atoms with Gasteiger partial charge in [0, 0.05) is 13.2 Å². The summed E-state index contributed by atoms with van der Waals surface area (Å²) in [7, 11) is 0. The van der Waals surface area contributed by atoms with Gasteiger partial charge in [0.1, 0.15) is 0 Å². The second-order valence-corrected chi connectivity index (χ2v) is 6.47. The predicted molar refractivity (Wildman–Crippen MR) is 87.6 cm³/mol. The van der Waals surface area contributed by atoms with Crippen LogP contribution in [0.4, 0.5) is 0 Å². The molecule has 1 atom stereocenters. The molecular weight excluding hydrogens is 278 g/mol. The number of likely N-dealkylation sites (tertiary alicyclic amines) is 1. The van der Waals surface area contributed by atoms with E-state index in [4.69, 9.17) is 4.74 Å². The lowest BCUT2D eigenvalue weighted by Crippen LogP contribution is -2.45. The summed E-state index contributed by atoms with van der Waals surface area (Å²) in [4.78, 5) is 2.28. The van der Waals surface area contributed by atoms with E-state index < -0.39 is 6.10 Å². The Kier molecular flexibility index (Phi) is 6.83. The van der Waals surface area contributed by atoms with Gasteiger partial charge in [0.2, 0.25) is 0 Å². The molecule has 1 aliphatic rings. The Hall–Kier alpha value is -0.940. The van der Waals surface area contributed by atoms with Crippen LogP contribution in [0, 0.1) is 5.41 Å². The zero-order valence-corrected chi connectivity index (χ0v) is 13.6. The summed E-state index contributed by atoms with van der Waals surface area (Å²) >= 11 is 0. The predicted octanol–water partition coefficient (Wildman–Crippen LogP) is 2.05. The number of benzene rings is 1. The van der Waals surface area contributed by atoms with Crippen LogP contribution in [0.1, 0.15) is 31.7 Å². The maximum absolute atomic E-state index is 10.1. The number of rotatable bonds is 8. The lowest BCUT2D eigenvalue weighted by Gasteiger charge is -2.40. The second-order valence-electron chi connectivity index (χ2n) is 6.47. The minimum absolute atomic E-state index is 0.102. The first-order valence-corrected chi connectivity index (χ1v) is 8.30. The molecule has 0 aromatic heterocycles. The molecule has 0 radical (unpaired) electrons. The highest BCUT2D eigenvalue weighted by atomic mass is 16.5. The molecule has 1 heterocycles. The molecule has 0 spiro atoms. The topological polar surface area (TPSA) is 52.9 Å². The smallest absolute Gasteiger partial charge is 0.0900 e. The van der Waals surface area contributed by atoms with Crippen molar-refractivity contribution in [1.82, 2.24) is 4.90 Å². The van der Waals surface area contributed by atoms with Crippen LogP contribution in [0.3, 0.4) is 0 Å². The van der Waals surface area contributed by atoms with E-state index in [0.29, 0.717) is 19.8 Å². The van der Waals surface area contributed by atoms with E-state index in [1.165, 1.54) is 0 Å². The molecule has 4 heteroatoms. The van der Waals surface area contributed by atoms with E-state index in [1.807, 2.05) is 30.3 Å². The van der Waals surface area contributed by atoms with Gasteiger partial charge in [0.25, 0.3) is 0 Å². The van der Waals surface area contributed by atoms with E-state index >= 15 is 0 Å². The SMILES string of the molecule is CCC1(CO)CCN(CC(O)COCc2ccccc2)CC1. The minimum atomic E-state index is -0.452. The molecule has 22 heavy (non-hydrogen) atoms. The van der Waals surface area contributed by atoms with E-state index in [2.05, 4.69) is 11.8 Å². The highest BCUT2D eigenvalue weighted by Gasteiger charge is 2.32. The fraction of sp³-hybridized carbons (Fsp3) is 0.667. The van der Waals surface area contributed by atoms with Crippen molar-refractivity contribution in [2.24, 2.45) is 5.41 Å². The Balaban J connectivity index is 1.64. The van der Waals surface area contributed by atoms with Gasteiger partial charge in [-0.25, -0.2) is 0 Å². The molecule has 2 rings (SSSR count). The summed E-state index contributed by atoms with van der Waals surface area (Å²) in [5, 5.41) is 19.7. The van der Waals surface area contributed by atoms with Crippen LogP contribution in [0.5, 0.6) is 0 Å². The van der Waals surface area contributed by atoms with Gasteiger partial charge in [0.05, 0.1) is 19.3 Å². The number of aliphatic hydroxyl groups excluding tert-OH is 2. The average Bonchev–Trinajstić information content (AvgIpc) is 2.57. The van der Waals surface area contributed by atoms with Crippen LogP contribution in [0.2, 0.25) is 0 Å². The molecule has 0 amide bonds. The number of aliphatic hydroxyl groups is 2. The summed E-state index contributed by atoms with van der Waals surface area (Å²) in [5.74, 6) is 0. The van der Waals surface area contributed by atoms with Crippen LogP contribution < -0.4 is 0 Å². The molecule has 0 saturated carbocycles. The Morgan fingerprint density at radius 1 is 1.23 bits per heavy atom. The van der Waals surface area contributed by atoms with Gasteiger partial charge < -0.3 is 19.8 Å². The fourth-order valence-electron chi connectivity index (χ4n) is 3.07. The molecular formula is C18H29NO3. The Morgan fingerprint density at radius 3 is 2.50 bits per heavy atom. The van der Waals surface area contributed by atoms with Crippen molar-refractivity contribution in [3.63, 3.8) is 0 Å². The monoisotopic (exact) mass is 307 g/mol. The molecule has 1 aromatic rings. The van der Waals surface area contributed by atoms with Gasteiger partial charge >= 0.3 is 0 Å². The molecule has 124 valence electrons. The van der Waals surface area contributed by atoms with E-state index in [1.54, 1.807) is 0 Å². The molecule has 0 bridgehead atoms. The number of ether oxygens (including phenoxy) is 1. The number of β-amino-alcohol motifs (C(OH)–C–C–N with tert-alkyl or cyclic N) is 1. The third-order valence-electron chi connectivity index (χ3n) is 4.89. The van der Waals surface area contributed by atoms with Crippen molar-refractivity contribution >= 4 is 0 Å². The van der Waals surface area contributed by atoms with Crippen molar-refractivity contribution in [3.05, 3.63) is 35.9 Å². The molecule has 2 N–H and O–H groups in total. The van der Waals surface area contributed by atoms with Crippen LogP contribution in [-0.2, 0) is 11.3 Å². The Morgan fingerprint density at radius 2 is 1.91 bits per heavy atom. The Labute approximate surface area is 133 Å². The molecule has 1 aromatic carbocycles. The van der Waals surface area contributed by atoms with Gasteiger partial charge in [-0.15, -0.1) is 0 Å². The summed E-state index contributed by atoms with van der Waals surface area (Å²) in [6.45, 7) is 5.89. The van der Waals surface area contributed by atoms with Crippen LogP contribution in [-0.4, -0.2) is 54.1 Å². The quantitative estimate of drug-likeness (QED) is 0.772. The summed E-state index contributed by atoms with van der Waals surface area (Å²) in [5.41, 5.74) is 1.23. The lowest BCUT2D eigenvalue weighted by molar-refractivity contribution is -0.0118. The maximum atomic E-state index is 10.1. The van der Waals surface area contributed by atoms with Crippen molar-refractivity contribution in [3.8, 4) is 0 Å². The Bertz CT molecular complexity index is 410. The molecule has 1 saturated heterocycles. The first kappa shape index (κ1) is 17.4. The zero-order chi connectivity index (χ0) is 15.8. The third-order valence-corrected chi connectivity index (χ3v) is 4.89. The zero-order valence-electron chi connectivity index (χ0n) is 13.6. The van der Waals surface area contributed by atoms with Crippen LogP contribution >= 0.6 is 0 Å². The summed E-state index contributed by atoms with van der Waals surface area (Å²) in [6.07, 6.45) is 2.60. The number of hydrogen-bond acceptors (Lipinski definition) is 4. The van der Waals surface area contributed by atoms with E-state index in [0.717, 1.165) is 37.9 Å². The summed E-state index contributed by atoms with van der Waals surface area (Å²) in [6, 6.07) is 10.0. The lowest BCUT2D eigenvalue weighted by atomic mass is 9.77. The molecule has 4 nitrogen and oxygen atoms in total. The van der Waals surface area contributed by atoms with Crippen LogP contribution in [0.25, 0.3) is 0 Å². The van der Waals surface area contributed by atoms with Crippen molar-refractivity contribution in [1.29, 1.82) is 0 Å². The van der Waals surface area contributed by atoms with Crippen molar-refractivity contribution in [2.75, 3.05) is 32.8 Å². The van der Waals surface area contributed by atoms with Crippen LogP contribution in [0.15, 0.2) is 30.3 Å². The van der Waals surface area contributed by atoms with Gasteiger partial charge in [-0.05, 0) is 43.3 Å². The standard InChI is InChI=1S/C18H29NO3/c1-2-18(15-20)8-10-19(11-9-18)12-17(21)14-22-13-16-6-4-3-5-7-16/h3-7,17,20-21H,2,8-15H2,1H3. The first-order chi connectivity index (χ1) is 10.7. The van der Waals surface area contributed by atoms with Gasteiger partial charge in [-0.1, -0.05) is 37.3 Å². The molecule has 1 fully saturated rings. The molecule has 1 unspecified atom stereocenters. The largest absolute Gasteiger partial charge is 0.396 e. The normalized spacial score (nSPS) is 20.0. The second kappa shape index (κ2) is 8.63. The fourth-order valence-corrected chi connectivity index (χ4v) is 3.07. The first-order valence-electron chi connectivity index (χ1n) is 8.30. The molecule has 1 aliphatic heterocycles. The highest BCUT2D eigenvalue weighted by Crippen LogP contribution is 2.34. The van der Waals surface area contributed by atoms with Gasteiger partial charge in [0.15, 0.2) is 0 Å². The van der Waals surface area contributed by atoms with Gasteiger partial charge in [-0.2, -0.15) is 0 Å². The highest BCUT2D eigenvalue weighted by molar-refractivity contribution is 5.13. The third kappa shape index (κ3) is 5.06. The summed E-state index contributed by atoms with van der Waals surface area (Å²) < 4.78 is 5.59. The van der Waals surface area contributed by atoms with Gasteiger partial charge in [-0.3, -0.25) is 0 Å². The van der Waals surface area contributed by atoms with Crippen molar-refractivity contribution < 1.29 is 14.9 Å². The van der Waals surface area contributed by atoms with E-state index in [-0.39, 0.29) is 12.0 Å². The average molecular weight is 307 g/mol. The van der Waals surface area contributed by atoms with Crippen molar-refractivity contribution in [2.45, 2.75) is 38.9 Å². The number of hydrogen-bond donors (Lipinski definition) is 2. The number of piperidine rings is 1. The van der Waals surface area contributed by atoms with E-state index in [9.17, 15) is 10.2 Å².